The second-order valence-corrected chi connectivity index (χ2v) is 2.46. The van der Waals surface area contributed by atoms with E-state index in [9.17, 15) is 0 Å². The van der Waals surface area contributed by atoms with E-state index in [2.05, 4.69) is 50.5 Å². The van der Waals surface area contributed by atoms with Crippen LogP contribution in [0.5, 0.6) is 0 Å². The molecule has 0 amide bonds. The second kappa shape index (κ2) is 24.7. The second-order valence-electron chi connectivity index (χ2n) is 1.06. The average molecular weight is 427 g/mol. The zero-order valence-corrected chi connectivity index (χ0v) is 13.7. The first-order valence-electron chi connectivity index (χ1n) is 2.53. The third-order valence-electron chi connectivity index (χ3n) is 0. The minimum Gasteiger partial charge on any atom is -0.698 e. The monoisotopic (exact) mass is 428 g/mol. The maximum atomic E-state index is 8.81. The first-order chi connectivity index (χ1) is 6.93. The summed E-state index contributed by atoms with van der Waals surface area (Å²) >= 11 is 14.1. The molecule has 0 aliphatic heterocycles. The van der Waals surface area contributed by atoms with E-state index < -0.39 is 21.2 Å². The molecule has 0 radical (unpaired) electrons. The summed E-state index contributed by atoms with van der Waals surface area (Å²) in [5, 5.41) is 23.9. The molecule has 0 unspecified atom stereocenters. The Morgan fingerprint density at radius 3 is 0.529 bits per heavy atom. The number of carboxylic acid groups (broad SMARTS) is 4. The maximum absolute atomic E-state index is 8.81. The third-order valence-corrected chi connectivity index (χ3v) is 0. The van der Waals surface area contributed by atoms with Gasteiger partial charge in [-0.2, -0.15) is 0 Å². The van der Waals surface area contributed by atoms with Crippen molar-refractivity contribution in [2.24, 2.45) is 0 Å². The molecule has 0 aliphatic rings. The van der Waals surface area contributed by atoms with Crippen molar-refractivity contribution in [3.8, 4) is 0 Å². The van der Waals surface area contributed by atoms with Gasteiger partial charge >= 0.3 is 23.9 Å². The van der Waals surface area contributed by atoms with Gasteiger partial charge in [-0.1, -0.05) is 0 Å². The van der Waals surface area contributed by atoms with Crippen molar-refractivity contribution in [1.29, 1.82) is 0 Å². The number of hydrogen-bond donors (Lipinski definition) is 4. The van der Waals surface area contributed by atoms with E-state index in [1.165, 1.54) is 0 Å². The Bertz CT molecular complexity index is 170. The molecular weight excluding hydrogens is 423 g/mol. The fraction of sp³-hybridized carbons (Fsp3) is 0. The largest absolute Gasteiger partial charge is 4.00 e. The van der Waals surface area contributed by atoms with Crippen LogP contribution < -0.4 is 0 Å². The van der Waals surface area contributed by atoms with Crippen LogP contribution in [0, 0.1) is 0 Å². The van der Waals surface area contributed by atoms with E-state index in [1.54, 1.807) is 0 Å². The normalized spacial score (nSPS) is 5.65. The number of carbonyl (C=O) groups is 4. The van der Waals surface area contributed by atoms with Crippen LogP contribution in [0.3, 0.4) is 0 Å². The quantitative estimate of drug-likeness (QED) is 0.314. The molecule has 0 spiro atoms. The average Bonchev–Trinajstić information content (AvgIpc) is 1.76. The molecule has 8 nitrogen and oxygen atoms in total. The summed E-state index contributed by atoms with van der Waals surface area (Å²) in [7, 11) is 0. The Hall–Kier alpha value is -0.441. The van der Waals surface area contributed by atoms with Gasteiger partial charge in [0.15, 0.2) is 21.2 Å². The van der Waals surface area contributed by atoms with E-state index in [-0.39, 0.29) is 23.9 Å². The molecule has 0 saturated heterocycles. The predicted octanol–water partition coefficient (Wildman–Crippen LogP) is 0.464. The zero-order chi connectivity index (χ0) is 14.3. The Kier molecular flexibility index (Phi) is 43.6. The van der Waals surface area contributed by atoms with Crippen molar-refractivity contribution in [2.75, 3.05) is 0 Å². The molecule has 0 fully saturated rings. The molecule has 0 saturated carbocycles. The van der Waals surface area contributed by atoms with Crippen molar-refractivity contribution in [3.05, 3.63) is 0 Å². The van der Waals surface area contributed by atoms with Crippen molar-refractivity contribution in [2.45, 2.75) is 0 Å². The summed E-state index contributed by atoms with van der Waals surface area (Å²) < 4.78 is 0. The van der Waals surface area contributed by atoms with E-state index in [0.717, 1.165) is 0 Å². The van der Waals surface area contributed by atoms with Crippen LogP contribution in [0.15, 0.2) is 0 Å². The minimum atomic E-state index is -1.25. The summed E-state index contributed by atoms with van der Waals surface area (Å²) in [6, 6.07) is 0. The van der Waals surface area contributed by atoms with Crippen LogP contribution in [0.25, 0.3) is 0 Å². The molecule has 0 aliphatic carbocycles. The molecule has 17 heavy (non-hydrogen) atoms. The number of rotatable bonds is 0. The molecule has 4 N–H and O–H groups in total. The molecule has 0 aromatic rings. The smallest absolute Gasteiger partial charge is 0.698 e. The molecule has 96 valence electrons. The van der Waals surface area contributed by atoms with Gasteiger partial charge in [0.1, 0.15) is 0 Å². The Morgan fingerprint density at radius 1 is 0.529 bits per heavy atom. The molecule has 0 aromatic carbocycles. The van der Waals surface area contributed by atoms with Gasteiger partial charge in [0.2, 0.25) is 0 Å². The SMILES string of the molecule is O=C(O)[S-].O=C(O)[S-].O=C(O)[S-].O=C(O)[S-].[Sn+4]. The number of hydrogen-bond acceptors (Lipinski definition) is 8. The Labute approximate surface area is 134 Å². The summed E-state index contributed by atoms with van der Waals surface area (Å²) in [6.45, 7) is 0. The van der Waals surface area contributed by atoms with Gasteiger partial charge in [0.05, 0.1) is 0 Å². The van der Waals surface area contributed by atoms with Crippen molar-refractivity contribution in [3.63, 3.8) is 0 Å². The fourth-order valence-electron chi connectivity index (χ4n) is 0. The van der Waals surface area contributed by atoms with E-state index in [4.69, 9.17) is 39.6 Å². The topological polar surface area (TPSA) is 149 Å². The minimum absolute atomic E-state index is 0. The zero-order valence-electron chi connectivity index (χ0n) is 7.55. The maximum Gasteiger partial charge on any atom is 4.00 e. The third kappa shape index (κ3) is 14700. The van der Waals surface area contributed by atoms with Gasteiger partial charge in [0, 0.05) is 0 Å². The standard InChI is InChI=1S/4CH2O2S.Sn/c4*2-1(3)4;/h4*4H,(H,2,3);/q;;;;+4/p-4. The molecule has 0 bridgehead atoms. The summed E-state index contributed by atoms with van der Waals surface area (Å²) in [5.41, 5.74) is 0. The van der Waals surface area contributed by atoms with Crippen molar-refractivity contribution in [1.82, 2.24) is 0 Å². The Balaban J connectivity index is -0.0000000369. The van der Waals surface area contributed by atoms with Gasteiger partial charge in [-0.05, 0) is 0 Å². The summed E-state index contributed by atoms with van der Waals surface area (Å²) in [6.07, 6.45) is 0. The van der Waals surface area contributed by atoms with Crippen LogP contribution in [0.4, 0.5) is 19.2 Å². The van der Waals surface area contributed by atoms with Crippen LogP contribution in [-0.2, 0) is 50.5 Å². The molecular formula is C4H4O8S4Sn. The van der Waals surface area contributed by atoms with Crippen LogP contribution >= 0.6 is 0 Å². The Morgan fingerprint density at radius 2 is 0.529 bits per heavy atom. The van der Waals surface area contributed by atoms with Gasteiger partial charge < -0.3 is 70.9 Å². The van der Waals surface area contributed by atoms with Crippen molar-refractivity contribution < 1.29 is 39.6 Å². The van der Waals surface area contributed by atoms with Crippen molar-refractivity contribution >= 4 is 95.6 Å². The summed E-state index contributed by atoms with van der Waals surface area (Å²) in [5.74, 6) is 0. The molecule has 0 aromatic heterocycles. The van der Waals surface area contributed by atoms with Crippen LogP contribution in [0.2, 0.25) is 0 Å². The first kappa shape index (κ1) is 30.0. The van der Waals surface area contributed by atoms with Gasteiger partial charge in [-0.3, -0.25) is 19.2 Å². The molecule has 0 atom stereocenters. The van der Waals surface area contributed by atoms with E-state index in [0.29, 0.717) is 0 Å². The van der Waals surface area contributed by atoms with E-state index >= 15 is 0 Å². The summed E-state index contributed by atoms with van der Waals surface area (Å²) in [4.78, 5) is 35.3. The van der Waals surface area contributed by atoms with E-state index in [1.807, 2.05) is 0 Å². The molecule has 13 heteroatoms. The molecule has 0 rings (SSSR count). The van der Waals surface area contributed by atoms with Gasteiger partial charge in [0.25, 0.3) is 0 Å². The predicted molar refractivity (Wildman–Crippen MR) is 67.3 cm³/mol. The van der Waals surface area contributed by atoms with Gasteiger partial charge in [-0.15, -0.1) is 0 Å². The molecule has 0 heterocycles. The fourth-order valence-corrected chi connectivity index (χ4v) is 0. The van der Waals surface area contributed by atoms with Crippen LogP contribution in [0.1, 0.15) is 0 Å². The van der Waals surface area contributed by atoms with Gasteiger partial charge in [-0.25, -0.2) is 0 Å². The van der Waals surface area contributed by atoms with Crippen LogP contribution in [-0.4, -0.2) is 65.5 Å². The first-order valence-corrected chi connectivity index (χ1v) is 4.16.